The van der Waals surface area contributed by atoms with Crippen LogP contribution >= 0.6 is 0 Å². The van der Waals surface area contributed by atoms with Crippen molar-refractivity contribution < 1.29 is 14.3 Å². The minimum Gasteiger partial charge on any atom is -0.408 e. The summed E-state index contributed by atoms with van der Waals surface area (Å²) in [5, 5.41) is 21.3. The average Bonchev–Trinajstić information content (AvgIpc) is 3.01. The molecule has 1 aromatic heterocycles. The van der Waals surface area contributed by atoms with Crippen LogP contribution in [0.2, 0.25) is 0 Å². The molecule has 0 aliphatic carbocycles. The first-order valence-corrected chi connectivity index (χ1v) is 9.17. The molecule has 4 N–H and O–H groups in total. The van der Waals surface area contributed by atoms with Crippen molar-refractivity contribution in [3.05, 3.63) is 58.6 Å². The first-order valence-electron chi connectivity index (χ1n) is 9.17. The van der Waals surface area contributed by atoms with Gasteiger partial charge in [0.1, 0.15) is 6.04 Å². The van der Waals surface area contributed by atoms with Crippen LogP contribution in [0.5, 0.6) is 0 Å². The van der Waals surface area contributed by atoms with E-state index in [1.165, 1.54) is 4.57 Å². The molecule has 0 fully saturated rings. The van der Waals surface area contributed by atoms with E-state index in [1.54, 1.807) is 13.1 Å². The highest BCUT2D eigenvalue weighted by atomic mass is 16.4. The maximum atomic E-state index is 11.8. The van der Waals surface area contributed by atoms with Crippen LogP contribution in [0.15, 0.2) is 51.7 Å². The van der Waals surface area contributed by atoms with Gasteiger partial charge in [-0.2, -0.15) is 5.26 Å². The second kappa shape index (κ2) is 8.73. The summed E-state index contributed by atoms with van der Waals surface area (Å²) in [6.07, 6.45) is -0.705. The first kappa shape index (κ1) is 20.3. The van der Waals surface area contributed by atoms with Crippen molar-refractivity contribution in [2.24, 2.45) is 12.8 Å². The molecule has 0 spiro atoms. The predicted octanol–water partition coefficient (Wildman–Crippen LogP) is 1.06. The fraction of sp³-hybridized carbons (Fsp3) is 0.286. The predicted molar refractivity (Wildman–Crippen MR) is 108 cm³/mol. The SMILES string of the molecule is Cn1c(=O)oc2ccc(-c3ccc(C[C@@H](C#N)NC(=O)C[C@H](O)CN)cc3)cc21. The number of nitrogens with one attached hydrogen (secondary N) is 1. The summed E-state index contributed by atoms with van der Waals surface area (Å²) in [5.41, 5.74) is 9.31. The Morgan fingerprint density at radius 1 is 1.28 bits per heavy atom. The molecule has 0 aliphatic rings. The van der Waals surface area contributed by atoms with Gasteiger partial charge in [-0.3, -0.25) is 9.36 Å². The Bertz CT molecular complexity index is 1110. The number of benzene rings is 2. The van der Waals surface area contributed by atoms with Crippen LogP contribution in [-0.2, 0) is 18.3 Å². The number of aliphatic hydroxyl groups is 1. The van der Waals surface area contributed by atoms with E-state index in [1.807, 2.05) is 36.4 Å². The van der Waals surface area contributed by atoms with Gasteiger partial charge in [-0.25, -0.2) is 4.79 Å². The normalized spacial score (nSPS) is 13.0. The van der Waals surface area contributed by atoms with E-state index >= 15 is 0 Å². The van der Waals surface area contributed by atoms with Gasteiger partial charge < -0.3 is 20.6 Å². The number of nitrogens with zero attached hydrogens (tertiary/aromatic N) is 2. The molecule has 0 saturated heterocycles. The van der Waals surface area contributed by atoms with E-state index in [2.05, 4.69) is 11.4 Å². The van der Waals surface area contributed by atoms with Crippen LogP contribution in [0.1, 0.15) is 12.0 Å². The molecule has 1 amide bonds. The zero-order chi connectivity index (χ0) is 21.0. The minimum absolute atomic E-state index is 0.00905. The van der Waals surface area contributed by atoms with Crippen molar-refractivity contribution in [2.45, 2.75) is 25.0 Å². The monoisotopic (exact) mass is 394 g/mol. The Kier molecular flexibility index (Phi) is 6.12. The smallest absolute Gasteiger partial charge is 0.408 e. The first-order chi connectivity index (χ1) is 13.9. The number of carbonyl (C=O) groups is 1. The molecule has 29 heavy (non-hydrogen) atoms. The van der Waals surface area contributed by atoms with Gasteiger partial charge in [0.15, 0.2) is 5.58 Å². The Morgan fingerprint density at radius 2 is 1.97 bits per heavy atom. The molecule has 8 heteroatoms. The third-order valence-corrected chi connectivity index (χ3v) is 4.70. The number of nitriles is 1. The average molecular weight is 394 g/mol. The van der Waals surface area contributed by atoms with Gasteiger partial charge in [-0.05, 0) is 28.8 Å². The standard InChI is InChI=1S/C21H22N4O4/c1-25-18-9-15(6-7-19(18)29-21(25)28)14-4-2-13(3-5-14)8-16(11-22)24-20(27)10-17(26)12-23/h2-7,9,16-17,26H,8,10,12,23H2,1H3,(H,24,27)/t16-,17-/m0/s1. The van der Waals surface area contributed by atoms with Gasteiger partial charge in [0.05, 0.1) is 24.1 Å². The Hall–Kier alpha value is -3.41. The van der Waals surface area contributed by atoms with Gasteiger partial charge in [-0.15, -0.1) is 0 Å². The van der Waals surface area contributed by atoms with Crippen LogP contribution in [0.4, 0.5) is 0 Å². The van der Waals surface area contributed by atoms with Crippen LogP contribution < -0.4 is 16.8 Å². The topological polar surface area (TPSA) is 134 Å². The van der Waals surface area contributed by atoms with E-state index in [-0.39, 0.29) is 13.0 Å². The summed E-state index contributed by atoms with van der Waals surface area (Å²) < 4.78 is 6.60. The molecule has 0 bridgehead atoms. The van der Waals surface area contributed by atoms with Crippen molar-refractivity contribution in [2.75, 3.05) is 6.54 Å². The highest BCUT2D eigenvalue weighted by Crippen LogP contribution is 2.24. The van der Waals surface area contributed by atoms with Crippen LogP contribution in [-0.4, -0.2) is 34.3 Å². The molecule has 0 unspecified atom stereocenters. The number of rotatable bonds is 7. The lowest BCUT2D eigenvalue weighted by atomic mass is 10.0. The fourth-order valence-electron chi connectivity index (χ4n) is 3.05. The van der Waals surface area contributed by atoms with Gasteiger partial charge in [0, 0.05) is 20.0 Å². The number of aryl methyl sites for hydroxylation is 1. The van der Waals surface area contributed by atoms with E-state index in [9.17, 15) is 20.0 Å². The van der Waals surface area contributed by atoms with Crippen molar-refractivity contribution in [1.82, 2.24) is 9.88 Å². The molecular formula is C21H22N4O4. The molecule has 1 heterocycles. The van der Waals surface area contributed by atoms with Gasteiger partial charge >= 0.3 is 5.76 Å². The van der Waals surface area contributed by atoms with E-state index in [4.69, 9.17) is 10.2 Å². The van der Waals surface area contributed by atoms with Crippen LogP contribution in [0.25, 0.3) is 22.2 Å². The molecule has 2 atom stereocenters. The number of nitrogens with two attached hydrogens (primary N) is 1. The third kappa shape index (κ3) is 4.71. The summed E-state index contributed by atoms with van der Waals surface area (Å²) >= 11 is 0. The molecule has 3 rings (SSSR count). The second-order valence-electron chi connectivity index (χ2n) is 6.85. The number of hydrogen-bond acceptors (Lipinski definition) is 6. The number of oxazole rings is 1. The number of aromatic nitrogens is 1. The second-order valence-corrected chi connectivity index (χ2v) is 6.85. The number of amides is 1. The summed E-state index contributed by atoms with van der Waals surface area (Å²) in [6.45, 7) is -0.00905. The number of carbonyl (C=O) groups excluding carboxylic acids is 1. The Morgan fingerprint density at radius 3 is 2.62 bits per heavy atom. The van der Waals surface area contributed by atoms with E-state index in [0.717, 1.165) is 16.7 Å². The molecule has 2 aromatic carbocycles. The van der Waals surface area contributed by atoms with E-state index in [0.29, 0.717) is 17.5 Å². The molecule has 150 valence electrons. The van der Waals surface area contributed by atoms with E-state index < -0.39 is 23.8 Å². The largest absolute Gasteiger partial charge is 0.419 e. The quantitative estimate of drug-likeness (QED) is 0.548. The molecule has 3 aromatic rings. The third-order valence-electron chi connectivity index (χ3n) is 4.70. The maximum absolute atomic E-state index is 11.8. The summed E-state index contributed by atoms with van der Waals surface area (Å²) in [5.74, 6) is -0.818. The lowest BCUT2D eigenvalue weighted by Crippen LogP contribution is -2.38. The van der Waals surface area contributed by atoms with Crippen LogP contribution in [0, 0.1) is 11.3 Å². The maximum Gasteiger partial charge on any atom is 0.419 e. The van der Waals surface area contributed by atoms with Gasteiger partial charge in [0.25, 0.3) is 0 Å². The van der Waals surface area contributed by atoms with Crippen molar-refractivity contribution >= 4 is 17.0 Å². The van der Waals surface area contributed by atoms with Crippen molar-refractivity contribution in [1.29, 1.82) is 5.26 Å². The summed E-state index contributed by atoms with van der Waals surface area (Å²) in [7, 11) is 1.66. The van der Waals surface area contributed by atoms with Gasteiger partial charge in [0.2, 0.25) is 5.91 Å². The Balaban J connectivity index is 1.71. The highest BCUT2D eigenvalue weighted by Gasteiger charge is 2.15. The lowest BCUT2D eigenvalue weighted by molar-refractivity contribution is -0.123. The molecule has 8 nitrogen and oxygen atoms in total. The molecule has 0 aliphatic heterocycles. The van der Waals surface area contributed by atoms with Crippen molar-refractivity contribution in [3.8, 4) is 17.2 Å². The molecular weight excluding hydrogens is 372 g/mol. The zero-order valence-corrected chi connectivity index (χ0v) is 16.0. The fourth-order valence-corrected chi connectivity index (χ4v) is 3.05. The summed E-state index contributed by atoms with van der Waals surface area (Å²) in [6, 6.07) is 14.5. The van der Waals surface area contributed by atoms with Gasteiger partial charge in [-0.1, -0.05) is 30.3 Å². The molecule has 0 saturated carbocycles. The minimum atomic E-state index is -0.916. The number of hydrogen-bond donors (Lipinski definition) is 3. The number of aliphatic hydroxyl groups excluding tert-OH is 1. The zero-order valence-electron chi connectivity index (χ0n) is 16.0. The molecule has 0 radical (unpaired) electrons. The Labute approximate surface area is 167 Å². The number of fused-ring (bicyclic) bond motifs is 1. The van der Waals surface area contributed by atoms with Crippen LogP contribution in [0.3, 0.4) is 0 Å². The van der Waals surface area contributed by atoms with Crippen molar-refractivity contribution in [3.63, 3.8) is 0 Å². The lowest BCUT2D eigenvalue weighted by Gasteiger charge is -2.14. The summed E-state index contributed by atoms with van der Waals surface area (Å²) in [4.78, 5) is 23.5. The highest BCUT2D eigenvalue weighted by molar-refractivity contribution is 5.80.